The van der Waals surface area contributed by atoms with Crippen molar-refractivity contribution in [1.82, 2.24) is 15.6 Å². The molecule has 1 amide bonds. The quantitative estimate of drug-likeness (QED) is 0.715. The van der Waals surface area contributed by atoms with Crippen molar-refractivity contribution in [2.24, 2.45) is 0 Å². The Morgan fingerprint density at radius 3 is 3.00 bits per heavy atom. The highest BCUT2D eigenvalue weighted by Crippen LogP contribution is 2.10. The Morgan fingerprint density at radius 2 is 2.40 bits per heavy atom. The summed E-state index contributed by atoms with van der Waals surface area (Å²) in [5, 5.41) is 5.99. The maximum Gasteiger partial charge on any atom is 0.221 e. The molecule has 84 valence electrons. The average molecular weight is 227 g/mol. The lowest BCUT2D eigenvalue weighted by molar-refractivity contribution is -0.120. The second-order valence-corrected chi connectivity index (χ2v) is 4.18. The summed E-state index contributed by atoms with van der Waals surface area (Å²) >= 11 is 1.64. The Morgan fingerprint density at radius 1 is 1.60 bits per heavy atom. The number of amides is 1. The predicted octanol–water partition coefficient (Wildman–Crippen LogP) is 1.07. The minimum absolute atomic E-state index is 0.103. The number of rotatable bonds is 6. The number of aromatic nitrogens is 1. The van der Waals surface area contributed by atoms with Crippen LogP contribution in [0.5, 0.6) is 0 Å². The monoisotopic (exact) mass is 227 g/mol. The van der Waals surface area contributed by atoms with Gasteiger partial charge in [-0.15, -0.1) is 11.3 Å². The lowest BCUT2D eigenvalue weighted by Gasteiger charge is -2.03. The summed E-state index contributed by atoms with van der Waals surface area (Å²) in [6.45, 7) is 6.13. The summed E-state index contributed by atoms with van der Waals surface area (Å²) in [5.74, 6) is 0.103. The molecule has 0 saturated carbocycles. The summed E-state index contributed by atoms with van der Waals surface area (Å²) in [6, 6.07) is 0. The molecule has 15 heavy (non-hydrogen) atoms. The second kappa shape index (κ2) is 6.53. The third kappa shape index (κ3) is 4.40. The van der Waals surface area contributed by atoms with Crippen LogP contribution in [0.4, 0.5) is 0 Å². The molecule has 0 spiro atoms. The first kappa shape index (κ1) is 12.1. The molecule has 1 rings (SSSR count). The van der Waals surface area contributed by atoms with Gasteiger partial charge in [0.05, 0.1) is 11.2 Å². The van der Waals surface area contributed by atoms with Crippen molar-refractivity contribution >= 4 is 17.2 Å². The number of hydrogen-bond donors (Lipinski definition) is 2. The molecular weight excluding hydrogens is 210 g/mol. The predicted molar refractivity (Wildman–Crippen MR) is 61.9 cm³/mol. The number of aryl methyl sites for hydroxylation is 1. The van der Waals surface area contributed by atoms with E-state index in [1.165, 1.54) is 4.88 Å². The molecule has 0 aliphatic rings. The van der Waals surface area contributed by atoms with Crippen LogP contribution in [0, 0.1) is 6.92 Å². The Labute approximate surface area is 94.1 Å². The molecular formula is C10H17N3OS. The minimum atomic E-state index is 0.103. The molecule has 0 radical (unpaired) electrons. The van der Waals surface area contributed by atoms with E-state index in [4.69, 9.17) is 0 Å². The van der Waals surface area contributed by atoms with Gasteiger partial charge in [0, 0.05) is 30.9 Å². The zero-order valence-electron chi connectivity index (χ0n) is 9.17. The average Bonchev–Trinajstić information content (AvgIpc) is 2.60. The van der Waals surface area contributed by atoms with Gasteiger partial charge in [-0.05, 0) is 13.8 Å². The van der Waals surface area contributed by atoms with E-state index >= 15 is 0 Å². The van der Waals surface area contributed by atoms with Crippen molar-refractivity contribution in [3.05, 3.63) is 16.1 Å². The molecule has 0 fully saturated rings. The van der Waals surface area contributed by atoms with E-state index in [-0.39, 0.29) is 5.91 Å². The first-order chi connectivity index (χ1) is 7.24. The van der Waals surface area contributed by atoms with Gasteiger partial charge >= 0.3 is 0 Å². The van der Waals surface area contributed by atoms with Crippen LogP contribution in [0.2, 0.25) is 0 Å². The lowest BCUT2D eigenvalue weighted by Crippen LogP contribution is -2.27. The Hall–Kier alpha value is -0.940. The summed E-state index contributed by atoms with van der Waals surface area (Å²) in [4.78, 5) is 16.5. The Balaban J connectivity index is 2.12. The number of carbonyl (C=O) groups excluding carboxylic acids is 1. The lowest BCUT2D eigenvalue weighted by atomic mass is 10.3. The second-order valence-electron chi connectivity index (χ2n) is 3.24. The Kier molecular flexibility index (Phi) is 5.28. The van der Waals surface area contributed by atoms with E-state index in [1.54, 1.807) is 11.3 Å². The first-order valence-electron chi connectivity index (χ1n) is 5.10. The third-order valence-electron chi connectivity index (χ3n) is 2.03. The van der Waals surface area contributed by atoms with E-state index in [1.807, 2.05) is 19.4 Å². The maximum atomic E-state index is 11.1. The summed E-state index contributed by atoms with van der Waals surface area (Å²) < 4.78 is 0. The molecule has 1 aromatic rings. The van der Waals surface area contributed by atoms with Gasteiger partial charge < -0.3 is 10.6 Å². The van der Waals surface area contributed by atoms with Crippen LogP contribution in [0.1, 0.15) is 23.9 Å². The topological polar surface area (TPSA) is 54.0 Å². The molecule has 0 atom stereocenters. The standard InChI is InChI=1S/C10H17N3OS/c1-3-12-10(14)4-5-11-6-9-8(2)13-7-15-9/h7,11H,3-6H2,1-2H3,(H,12,14). The van der Waals surface area contributed by atoms with Crippen LogP contribution in [-0.4, -0.2) is 24.0 Å². The molecule has 0 unspecified atom stereocenters. The number of carbonyl (C=O) groups is 1. The van der Waals surface area contributed by atoms with E-state index in [2.05, 4.69) is 15.6 Å². The molecule has 0 aliphatic heterocycles. The molecule has 2 N–H and O–H groups in total. The van der Waals surface area contributed by atoms with Gasteiger partial charge in [0.1, 0.15) is 0 Å². The van der Waals surface area contributed by atoms with Gasteiger partial charge in [-0.1, -0.05) is 0 Å². The van der Waals surface area contributed by atoms with Crippen molar-refractivity contribution in [3.8, 4) is 0 Å². The fourth-order valence-corrected chi connectivity index (χ4v) is 1.93. The van der Waals surface area contributed by atoms with Crippen molar-refractivity contribution in [1.29, 1.82) is 0 Å². The van der Waals surface area contributed by atoms with Gasteiger partial charge in [-0.2, -0.15) is 0 Å². The molecule has 4 nitrogen and oxygen atoms in total. The van der Waals surface area contributed by atoms with Gasteiger partial charge in [0.15, 0.2) is 0 Å². The van der Waals surface area contributed by atoms with Gasteiger partial charge in [-0.25, -0.2) is 4.98 Å². The van der Waals surface area contributed by atoms with Gasteiger partial charge in [0.2, 0.25) is 5.91 Å². The smallest absolute Gasteiger partial charge is 0.221 e. The van der Waals surface area contributed by atoms with E-state index in [0.717, 1.165) is 12.2 Å². The SMILES string of the molecule is CCNC(=O)CCNCc1scnc1C. The highest BCUT2D eigenvalue weighted by atomic mass is 32.1. The molecule has 0 aliphatic carbocycles. The fourth-order valence-electron chi connectivity index (χ4n) is 1.19. The highest BCUT2D eigenvalue weighted by molar-refractivity contribution is 7.09. The normalized spacial score (nSPS) is 10.3. The molecule has 1 heterocycles. The fraction of sp³-hybridized carbons (Fsp3) is 0.600. The van der Waals surface area contributed by atoms with Crippen LogP contribution in [-0.2, 0) is 11.3 Å². The van der Waals surface area contributed by atoms with Gasteiger partial charge in [0.25, 0.3) is 0 Å². The van der Waals surface area contributed by atoms with E-state index in [9.17, 15) is 4.79 Å². The van der Waals surface area contributed by atoms with Crippen LogP contribution in [0.25, 0.3) is 0 Å². The molecule has 0 bridgehead atoms. The third-order valence-corrected chi connectivity index (χ3v) is 2.97. The maximum absolute atomic E-state index is 11.1. The zero-order chi connectivity index (χ0) is 11.1. The van der Waals surface area contributed by atoms with E-state index < -0.39 is 0 Å². The molecule has 5 heteroatoms. The highest BCUT2D eigenvalue weighted by Gasteiger charge is 2.01. The summed E-state index contributed by atoms with van der Waals surface area (Å²) in [6.07, 6.45) is 0.533. The number of nitrogens with one attached hydrogen (secondary N) is 2. The molecule has 0 aromatic carbocycles. The first-order valence-corrected chi connectivity index (χ1v) is 5.98. The van der Waals surface area contributed by atoms with Crippen molar-refractivity contribution in [3.63, 3.8) is 0 Å². The summed E-state index contributed by atoms with van der Waals surface area (Å²) in [7, 11) is 0. The van der Waals surface area contributed by atoms with Crippen molar-refractivity contribution in [2.75, 3.05) is 13.1 Å². The van der Waals surface area contributed by atoms with Gasteiger partial charge in [-0.3, -0.25) is 4.79 Å². The van der Waals surface area contributed by atoms with E-state index in [0.29, 0.717) is 19.5 Å². The van der Waals surface area contributed by atoms with Crippen LogP contribution >= 0.6 is 11.3 Å². The van der Waals surface area contributed by atoms with Crippen LogP contribution in [0.3, 0.4) is 0 Å². The van der Waals surface area contributed by atoms with Crippen molar-refractivity contribution in [2.45, 2.75) is 26.8 Å². The number of thiazole rings is 1. The number of nitrogens with zero attached hydrogens (tertiary/aromatic N) is 1. The minimum Gasteiger partial charge on any atom is -0.356 e. The van der Waals surface area contributed by atoms with Crippen LogP contribution in [0.15, 0.2) is 5.51 Å². The number of hydrogen-bond acceptors (Lipinski definition) is 4. The Bertz CT molecular complexity index is 311. The summed E-state index contributed by atoms with van der Waals surface area (Å²) in [5.41, 5.74) is 2.92. The largest absolute Gasteiger partial charge is 0.356 e. The van der Waals surface area contributed by atoms with Crippen LogP contribution < -0.4 is 10.6 Å². The molecule has 0 saturated heterocycles. The van der Waals surface area contributed by atoms with Crippen molar-refractivity contribution < 1.29 is 4.79 Å². The molecule has 1 aromatic heterocycles. The zero-order valence-corrected chi connectivity index (χ0v) is 9.99.